The lowest BCUT2D eigenvalue weighted by Crippen LogP contribution is -2.26. The quantitative estimate of drug-likeness (QED) is 0.167. The highest BCUT2D eigenvalue weighted by Crippen LogP contribution is 2.41. The fraction of sp³-hybridized carbons (Fsp3) is 0.217. The van der Waals surface area contributed by atoms with E-state index in [1.165, 1.54) is 0 Å². The van der Waals surface area contributed by atoms with E-state index in [2.05, 4.69) is 0 Å². The van der Waals surface area contributed by atoms with Crippen LogP contribution in [0, 0.1) is 0 Å². The van der Waals surface area contributed by atoms with Crippen LogP contribution in [0.1, 0.15) is 52.9 Å². The molecule has 0 radical (unpaired) electrons. The summed E-state index contributed by atoms with van der Waals surface area (Å²) in [5.74, 6) is -1.37. The molecule has 2 aliphatic rings. The number of benzene rings is 4. The van der Waals surface area contributed by atoms with Crippen LogP contribution in [-0.2, 0) is 54.6 Å². The maximum atomic E-state index is 13.4. The molecule has 4 aromatic carbocycles. The van der Waals surface area contributed by atoms with Crippen LogP contribution in [0.5, 0.6) is 0 Å². The highest BCUT2D eigenvalue weighted by atomic mass is 35.5. The Hall–Kier alpha value is -6.50. The minimum Gasteiger partial charge on any atom is -0.480 e. The number of aromatic nitrogens is 4. The Morgan fingerprint density at radius 1 is 0.650 bits per heavy atom. The SMILES string of the molecule is Cn1c2c(c3c(Cl)cccc31)C(=O)N(c1ccc3ccn(CC(=O)O)c3c1)C2.Cn1c2c(c3c(Cl)cccc31)C(=O)N(c1ccc3ccn(CC(=O)OC(C)(C)C)c3c1)C2. The summed E-state index contributed by atoms with van der Waals surface area (Å²) < 4.78 is 13.0. The van der Waals surface area contributed by atoms with Crippen molar-refractivity contribution in [3.05, 3.63) is 130 Å². The van der Waals surface area contributed by atoms with Crippen molar-refractivity contribution in [2.24, 2.45) is 14.1 Å². The Morgan fingerprint density at radius 3 is 1.53 bits per heavy atom. The maximum Gasteiger partial charge on any atom is 0.326 e. The van der Waals surface area contributed by atoms with Gasteiger partial charge in [0.25, 0.3) is 11.8 Å². The van der Waals surface area contributed by atoms with Gasteiger partial charge in [0.15, 0.2) is 0 Å². The number of hydrogen-bond donors (Lipinski definition) is 1. The Kier molecular flexibility index (Phi) is 9.33. The molecule has 4 aromatic heterocycles. The molecule has 0 aliphatic carbocycles. The molecule has 0 bridgehead atoms. The molecule has 10 rings (SSSR count). The molecule has 60 heavy (non-hydrogen) atoms. The molecule has 8 aromatic rings. The fourth-order valence-electron chi connectivity index (χ4n) is 8.57. The minimum absolute atomic E-state index is 0.0664. The van der Waals surface area contributed by atoms with Crippen LogP contribution in [0.2, 0.25) is 10.0 Å². The molecule has 0 fully saturated rings. The van der Waals surface area contributed by atoms with E-state index in [1.807, 2.05) is 134 Å². The maximum absolute atomic E-state index is 13.4. The molecule has 12 nitrogen and oxygen atoms in total. The predicted molar refractivity (Wildman–Crippen MR) is 234 cm³/mol. The van der Waals surface area contributed by atoms with E-state index >= 15 is 0 Å². The van der Waals surface area contributed by atoms with Crippen molar-refractivity contribution in [1.29, 1.82) is 0 Å². The van der Waals surface area contributed by atoms with Gasteiger partial charge >= 0.3 is 11.9 Å². The number of carboxylic acids is 1. The fourth-order valence-corrected chi connectivity index (χ4v) is 9.10. The zero-order chi connectivity index (χ0) is 42.4. The molecule has 2 amide bonds. The second-order valence-corrected chi connectivity index (χ2v) is 17.0. The molecule has 0 spiro atoms. The number of halogens is 2. The molecule has 0 saturated heterocycles. The Morgan fingerprint density at radius 2 is 1.10 bits per heavy atom. The van der Waals surface area contributed by atoms with Crippen molar-refractivity contribution in [2.45, 2.75) is 52.6 Å². The topological polar surface area (TPSA) is 124 Å². The van der Waals surface area contributed by atoms with Crippen molar-refractivity contribution in [1.82, 2.24) is 18.3 Å². The number of carbonyl (C=O) groups excluding carboxylic acids is 3. The van der Waals surface area contributed by atoms with Crippen LogP contribution in [-0.4, -0.2) is 52.7 Å². The molecular formula is C46H40Cl2N6O6. The van der Waals surface area contributed by atoms with Crippen molar-refractivity contribution >= 4 is 102 Å². The van der Waals surface area contributed by atoms with Gasteiger partial charge in [0.1, 0.15) is 18.7 Å². The number of aliphatic carboxylic acids is 1. The second kappa shape index (κ2) is 14.4. The van der Waals surface area contributed by atoms with Crippen LogP contribution in [0.3, 0.4) is 0 Å². The smallest absolute Gasteiger partial charge is 0.326 e. The first-order chi connectivity index (χ1) is 28.6. The number of fused-ring (bicyclic) bond motifs is 8. The van der Waals surface area contributed by atoms with E-state index in [1.54, 1.807) is 26.6 Å². The first-order valence-electron chi connectivity index (χ1n) is 19.4. The average molecular weight is 844 g/mol. The van der Waals surface area contributed by atoms with Crippen LogP contribution in [0.25, 0.3) is 43.6 Å². The van der Waals surface area contributed by atoms with E-state index in [-0.39, 0.29) is 30.9 Å². The molecule has 0 atom stereocenters. The number of carbonyl (C=O) groups is 4. The lowest BCUT2D eigenvalue weighted by Gasteiger charge is -2.20. The van der Waals surface area contributed by atoms with Gasteiger partial charge in [-0.3, -0.25) is 19.2 Å². The first kappa shape index (κ1) is 39.0. The number of anilines is 2. The summed E-state index contributed by atoms with van der Waals surface area (Å²) in [6.45, 7) is 6.45. The molecule has 1 N–H and O–H groups in total. The van der Waals surface area contributed by atoms with Crippen molar-refractivity contribution < 1.29 is 29.0 Å². The number of nitrogens with zero attached hydrogens (tertiary/aromatic N) is 6. The third-order valence-electron chi connectivity index (χ3n) is 11.3. The second-order valence-electron chi connectivity index (χ2n) is 16.2. The van der Waals surface area contributed by atoms with Crippen LogP contribution >= 0.6 is 23.2 Å². The Balaban J connectivity index is 0.000000155. The number of carboxylic acid groups (broad SMARTS) is 1. The standard InChI is InChI=1S/C25H24ClN3O3.C21H16ClN3O3/c1-25(2,3)32-21(30)14-28-11-10-15-8-9-16(12-19(15)28)29-13-20-23(24(29)31)22-17(26)6-5-7-18(22)27(20)4;1-23-15-4-2-3-14(22)19(15)20-17(23)10-25(21(20)28)13-6-5-12-7-8-24(11-18(26)27)16(12)9-13/h5-12H,13-14H2,1-4H3;2-9H,10-11H2,1H3,(H,26,27). The summed E-state index contributed by atoms with van der Waals surface area (Å²) in [5, 5.41) is 13.8. The molecule has 6 heterocycles. The van der Waals surface area contributed by atoms with Gasteiger partial charge in [0, 0.05) is 48.6 Å². The van der Waals surface area contributed by atoms with Gasteiger partial charge in [0.05, 0.1) is 67.7 Å². The summed E-state index contributed by atoms with van der Waals surface area (Å²) in [4.78, 5) is 53.6. The van der Waals surface area contributed by atoms with Gasteiger partial charge in [0.2, 0.25) is 0 Å². The molecule has 14 heteroatoms. The highest BCUT2D eigenvalue weighted by Gasteiger charge is 2.36. The summed E-state index contributed by atoms with van der Waals surface area (Å²) in [5.41, 5.74) is 7.71. The lowest BCUT2D eigenvalue weighted by molar-refractivity contribution is -0.155. The van der Waals surface area contributed by atoms with Crippen LogP contribution < -0.4 is 9.80 Å². The molecule has 0 saturated carbocycles. The number of rotatable bonds is 6. The van der Waals surface area contributed by atoms with Gasteiger partial charge in [-0.05, 0) is 92.2 Å². The van der Waals surface area contributed by atoms with Crippen molar-refractivity contribution in [2.75, 3.05) is 9.80 Å². The number of amides is 2. The van der Waals surface area contributed by atoms with Gasteiger partial charge < -0.3 is 37.9 Å². The van der Waals surface area contributed by atoms with Gasteiger partial charge in [-0.1, -0.05) is 47.5 Å². The highest BCUT2D eigenvalue weighted by molar-refractivity contribution is 6.38. The number of esters is 1. The van der Waals surface area contributed by atoms with Gasteiger partial charge in [-0.2, -0.15) is 0 Å². The van der Waals surface area contributed by atoms with E-state index in [4.69, 9.17) is 33.0 Å². The predicted octanol–water partition coefficient (Wildman–Crippen LogP) is 9.32. The van der Waals surface area contributed by atoms with E-state index < -0.39 is 11.6 Å². The normalized spacial score (nSPS) is 13.8. The van der Waals surface area contributed by atoms with Crippen molar-refractivity contribution in [3.8, 4) is 0 Å². The largest absolute Gasteiger partial charge is 0.480 e. The number of hydrogen-bond acceptors (Lipinski definition) is 5. The zero-order valence-corrected chi connectivity index (χ0v) is 35.0. The third-order valence-corrected chi connectivity index (χ3v) is 11.9. The minimum atomic E-state index is -0.909. The van der Waals surface area contributed by atoms with E-state index in [9.17, 15) is 19.2 Å². The summed E-state index contributed by atoms with van der Waals surface area (Å²) in [6, 6.07) is 26.7. The average Bonchev–Trinajstić information content (AvgIpc) is 4.04. The van der Waals surface area contributed by atoms with Crippen molar-refractivity contribution in [3.63, 3.8) is 0 Å². The first-order valence-corrected chi connectivity index (χ1v) is 20.1. The van der Waals surface area contributed by atoms with Crippen LogP contribution in [0.4, 0.5) is 11.4 Å². The summed E-state index contributed by atoms with van der Waals surface area (Å²) in [7, 11) is 3.90. The van der Waals surface area contributed by atoms with E-state index in [0.29, 0.717) is 34.3 Å². The molecule has 304 valence electrons. The van der Waals surface area contributed by atoms with Crippen LogP contribution in [0.15, 0.2) is 97.3 Å². The zero-order valence-electron chi connectivity index (χ0n) is 33.5. The molecular weight excluding hydrogens is 803 g/mol. The molecule has 0 unspecified atom stereocenters. The van der Waals surface area contributed by atoms with E-state index in [0.717, 1.165) is 66.4 Å². The Bertz CT molecular complexity index is 3130. The summed E-state index contributed by atoms with van der Waals surface area (Å²) in [6.07, 6.45) is 3.61. The Labute approximate surface area is 354 Å². The monoisotopic (exact) mass is 842 g/mol. The van der Waals surface area contributed by atoms with Gasteiger partial charge in [-0.25, -0.2) is 0 Å². The third kappa shape index (κ3) is 6.47. The van der Waals surface area contributed by atoms with Gasteiger partial charge in [-0.15, -0.1) is 0 Å². The number of aryl methyl sites for hydroxylation is 2. The summed E-state index contributed by atoms with van der Waals surface area (Å²) >= 11 is 12.9. The molecule has 2 aliphatic heterocycles. The number of ether oxygens (including phenoxy) is 1. The lowest BCUT2D eigenvalue weighted by atomic mass is 10.1.